The Morgan fingerprint density at radius 2 is 1.58 bits per heavy atom. The molecule has 0 spiro atoms. The van der Waals surface area contributed by atoms with Crippen molar-refractivity contribution in [1.29, 1.82) is 0 Å². The van der Waals surface area contributed by atoms with Crippen LogP contribution in [0.5, 0.6) is 5.75 Å². The molecule has 3 heteroatoms. The molecule has 31 heavy (non-hydrogen) atoms. The molecule has 1 aliphatic rings. The Morgan fingerprint density at radius 3 is 2.23 bits per heavy atom. The SMILES string of the molecule is COc1ccc(C(O)(c2cccc(C)c2)C(CN2CCCCC2)c2ccccc2)cc1. The molecule has 0 aliphatic carbocycles. The van der Waals surface area contributed by atoms with Crippen molar-refractivity contribution in [3.05, 3.63) is 101 Å². The molecule has 162 valence electrons. The molecule has 1 aliphatic heterocycles. The molecule has 0 saturated carbocycles. The third-order valence-electron chi connectivity index (χ3n) is 6.58. The van der Waals surface area contributed by atoms with Crippen LogP contribution in [0.15, 0.2) is 78.9 Å². The van der Waals surface area contributed by atoms with Crippen LogP contribution in [0.3, 0.4) is 0 Å². The maximum Gasteiger partial charge on any atom is 0.123 e. The summed E-state index contributed by atoms with van der Waals surface area (Å²) in [7, 11) is 1.67. The number of piperidine rings is 1. The van der Waals surface area contributed by atoms with Crippen molar-refractivity contribution in [2.75, 3.05) is 26.7 Å². The van der Waals surface area contributed by atoms with Crippen LogP contribution in [0.4, 0.5) is 0 Å². The van der Waals surface area contributed by atoms with Gasteiger partial charge >= 0.3 is 0 Å². The van der Waals surface area contributed by atoms with Gasteiger partial charge in [0.15, 0.2) is 0 Å². The molecule has 1 saturated heterocycles. The molecular formula is C28H33NO2. The number of ether oxygens (including phenoxy) is 1. The minimum Gasteiger partial charge on any atom is -0.497 e. The van der Waals surface area contributed by atoms with Crippen molar-refractivity contribution in [2.45, 2.75) is 37.7 Å². The van der Waals surface area contributed by atoms with Gasteiger partial charge in [0.25, 0.3) is 0 Å². The van der Waals surface area contributed by atoms with E-state index in [0.29, 0.717) is 0 Å². The number of methoxy groups -OCH3 is 1. The van der Waals surface area contributed by atoms with E-state index in [0.717, 1.165) is 47.6 Å². The molecule has 3 aromatic carbocycles. The van der Waals surface area contributed by atoms with Crippen LogP contribution in [0.25, 0.3) is 0 Å². The molecule has 1 heterocycles. The van der Waals surface area contributed by atoms with Gasteiger partial charge in [0.05, 0.1) is 7.11 Å². The van der Waals surface area contributed by atoms with Crippen molar-refractivity contribution < 1.29 is 9.84 Å². The molecule has 2 unspecified atom stereocenters. The predicted octanol–water partition coefficient (Wildman–Crippen LogP) is 5.51. The lowest BCUT2D eigenvalue weighted by Crippen LogP contribution is -2.43. The van der Waals surface area contributed by atoms with E-state index < -0.39 is 5.60 Å². The second-order valence-electron chi connectivity index (χ2n) is 8.69. The van der Waals surface area contributed by atoms with Crippen LogP contribution in [0.2, 0.25) is 0 Å². The molecule has 2 atom stereocenters. The number of likely N-dealkylation sites (tertiary alicyclic amines) is 1. The van der Waals surface area contributed by atoms with Gasteiger partial charge in [-0.2, -0.15) is 0 Å². The van der Waals surface area contributed by atoms with Crippen molar-refractivity contribution >= 4 is 0 Å². The van der Waals surface area contributed by atoms with Crippen molar-refractivity contribution in [3.8, 4) is 5.75 Å². The molecule has 1 fully saturated rings. The summed E-state index contributed by atoms with van der Waals surface area (Å²) in [6.07, 6.45) is 3.76. The molecule has 4 rings (SSSR count). The third-order valence-corrected chi connectivity index (χ3v) is 6.58. The largest absolute Gasteiger partial charge is 0.497 e. The average molecular weight is 416 g/mol. The van der Waals surface area contributed by atoms with E-state index in [2.05, 4.69) is 54.3 Å². The van der Waals surface area contributed by atoms with Gasteiger partial charge in [-0.1, -0.05) is 78.7 Å². The van der Waals surface area contributed by atoms with Crippen molar-refractivity contribution in [3.63, 3.8) is 0 Å². The Hall–Kier alpha value is -2.62. The Kier molecular flexibility index (Phi) is 6.74. The first-order valence-electron chi connectivity index (χ1n) is 11.3. The quantitative estimate of drug-likeness (QED) is 0.552. The summed E-state index contributed by atoms with van der Waals surface area (Å²) in [6.45, 7) is 5.09. The first-order valence-corrected chi connectivity index (χ1v) is 11.3. The molecule has 0 amide bonds. The van der Waals surface area contributed by atoms with Crippen LogP contribution in [-0.4, -0.2) is 36.8 Å². The summed E-state index contributed by atoms with van der Waals surface area (Å²) < 4.78 is 5.38. The highest BCUT2D eigenvalue weighted by atomic mass is 16.5. The lowest BCUT2D eigenvalue weighted by Gasteiger charge is -2.41. The molecule has 3 nitrogen and oxygen atoms in total. The molecule has 0 radical (unpaired) electrons. The number of rotatable bonds is 7. The van der Waals surface area contributed by atoms with Gasteiger partial charge in [-0.05, 0) is 61.7 Å². The van der Waals surface area contributed by atoms with Crippen LogP contribution in [-0.2, 0) is 5.60 Å². The maximum atomic E-state index is 12.6. The van der Waals surface area contributed by atoms with Crippen LogP contribution in [0.1, 0.15) is 47.4 Å². The number of hydrogen-bond acceptors (Lipinski definition) is 3. The first kappa shape index (κ1) is 21.6. The van der Waals surface area contributed by atoms with E-state index in [1.807, 2.05) is 36.4 Å². The standard InChI is InChI=1S/C28H33NO2/c1-22-10-9-13-25(20-22)28(30,24-14-16-26(31-2)17-15-24)27(23-11-5-3-6-12-23)21-29-18-7-4-8-19-29/h3,5-6,9-17,20,27,30H,4,7-8,18-19,21H2,1-2H3. The zero-order chi connectivity index (χ0) is 21.7. The number of benzene rings is 3. The highest BCUT2D eigenvalue weighted by molar-refractivity contribution is 5.44. The predicted molar refractivity (Wildman–Crippen MR) is 127 cm³/mol. The molecular weight excluding hydrogens is 382 g/mol. The second-order valence-corrected chi connectivity index (χ2v) is 8.69. The van der Waals surface area contributed by atoms with Crippen LogP contribution in [0, 0.1) is 6.92 Å². The summed E-state index contributed by atoms with van der Waals surface area (Å²) in [6, 6.07) is 26.7. The maximum absolute atomic E-state index is 12.6. The van der Waals surface area contributed by atoms with Gasteiger partial charge in [-0.3, -0.25) is 0 Å². The van der Waals surface area contributed by atoms with E-state index in [-0.39, 0.29) is 5.92 Å². The lowest BCUT2D eigenvalue weighted by molar-refractivity contribution is 0.0309. The van der Waals surface area contributed by atoms with E-state index in [4.69, 9.17) is 4.74 Å². The fourth-order valence-electron chi connectivity index (χ4n) is 4.86. The van der Waals surface area contributed by atoms with E-state index in [1.165, 1.54) is 19.3 Å². The fraction of sp³-hybridized carbons (Fsp3) is 0.357. The Bertz CT molecular complexity index is 964. The minimum atomic E-state index is -1.16. The zero-order valence-corrected chi connectivity index (χ0v) is 18.6. The van der Waals surface area contributed by atoms with Gasteiger partial charge in [0.1, 0.15) is 11.4 Å². The monoisotopic (exact) mass is 415 g/mol. The summed E-state index contributed by atoms with van der Waals surface area (Å²) in [5, 5.41) is 12.6. The Labute approximate surface area is 186 Å². The Morgan fingerprint density at radius 1 is 0.871 bits per heavy atom. The summed E-state index contributed by atoms with van der Waals surface area (Å²) in [5.74, 6) is 0.699. The van der Waals surface area contributed by atoms with Crippen LogP contribution < -0.4 is 4.74 Å². The highest BCUT2D eigenvalue weighted by Gasteiger charge is 2.42. The molecule has 1 N–H and O–H groups in total. The van der Waals surface area contributed by atoms with E-state index in [9.17, 15) is 5.11 Å². The summed E-state index contributed by atoms with van der Waals surface area (Å²) >= 11 is 0. The lowest BCUT2D eigenvalue weighted by atomic mass is 9.72. The van der Waals surface area contributed by atoms with Gasteiger partial charge < -0.3 is 14.7 Å². The fourth-order valence-corrected chi connectivity index (χ4v) is 4.86. The molecule has 3 aromatic rings. The first-order chi connectivity index (χ1) is 15.1. The summed E-state index contributed by atoms with van der Waals surface area (Å²) in [5.41, 5.74) is 2.98. The molecule has 0 bridgehead atoms. The number of hydrogen-bond donors (Lipinski definition) is 1. The Balaban J connectivity index is 1.86. The van der Waals surface area contributed by atoms with E-state index in [1.54, 1.807) is 7.11 Å². The minimum absolute atomic E-state index is 0.0954. The van der Waals surface area contributed by atoms with Gasteiger partial charge in [-0.15, -0.1) is 0 Å². The third kappa shape index (κ3) is 4.68. The van der Waals surface area contributed by atoms with Gasteiger partial charge in [-0.25, -0.2) is 0 Å². The average Bonchev–Trinajstić information content (AvgIpc) is 2.83. The molecule has 0 aromatic heterocycles. The number of nitrogens with zero attached hydrogens (tertiary/aromatic N) is 1. The zero-order valence-electron chi connectivity index (χ0n) is 18.6. The summed E-state index contributed by atoms with van der Waals surface area (Å²) in [4.78, 5) is 2.52. The number of aliphatic hydroxyl groups is 1. The van der Waals surface area contributed by atoms with Gasteiger partial charge in [0, 0.05) is 12.5 Å². The van der Waals surface area contributed by atoms with Gasteiger partial charge in [0.2, 0.25) is 0 Å². The number of aryl methyl sites for hydroxylation is 1. The highest BCUT2D eigenvalue weighted by Crippen LogP contribution is 2.44. The van der Waals surface area contributed by atoms with Crippen molar-refractivity contribution in [2.24, 2.45) is 0 Å². The van der Waals surface area contributed by atoms with E-state index >= 15 is 0 Å². The second kappa shape index (κ2) is 9.67. The smallest absolute Gasteiger partial charge is 0.123 e. The normalized spacial score (nSPS) is 17.6. The topological polar surface area (TPSA) is 32.7 Å². The van der Waals surface area contributed by atoms with Crippen molar-refractivity contribution in [1.82, 2.24) is 4.90 Å². The van der Waals surface area contributed by atoms with Crippen LogP contribution >= 0.6 is 0 Å².